The summed E-state index contributed by atoms with van der Waals surface area (Å²) in [7, 11) is -1.26. The number of carbonyl (C=O) groups is 2. The maximum absolute atomic E-state index is 11.6. The number of ether oxygens (including phenoxy) is 1. The first-order chi connectivity index (χ1) is 10.7. The van der Waals surface area contributed by atoms with Crippen LogP contribution in [-0.2, 0) is 9.53 Å². The highest BCUT2D eigenvalue weighted by molar-refractivity contribution is 6.76. The van der Waals surface area contributed by atoms with Crippen LogP contribution in [0.25, 0.3) is 0 Å². The van der Waals surface area contributed by atoms with Crippen molar-refractivity contribution >= 4 is 31.4 Å². The highest BCUT2D eigenvalue weighted by Crippen LogP contribution is 2.15. The summed E-state index contributed by atoms with van der Waals surface area (Å²) in [4.78, 5) is 33.1. The minimum atomic E-state index is -1.26. The number of benzene rings is 1. The molecule has 0 spiro atoms. The lowest BCUT2D eigenvalue weighted by molar-refractivity contribution is -0.384. The van der Waals surface area contributed by atoms with Gasteiger partial charge in [-0.15, -0.1) is 0 Å². The van der Waals surface area contributed by atoms with Gasteiger partial charge in [0.1, 0.15) is 6.54 Å². The van der Waals surface area contributed by atoms with E-state index in [-0.39, 0.29) is 12.2 Å². The molecule has 0 atom stereocenters. The molecule has 1 aromatic carbocycles. The van der Waals surface area contributed by atoms with Crippen molar-refractivity contribution in [1.29, 1.82) is 0 Å². The summed E-state index contributed by atoms with van der Waals surface area (Å²) in [5.41, 5.74) is 0.321. The average Bonchev–Trinajstić information content (AvgIpc) is 2.44. The maximum Gasteiger partial charge on any atom is 0.325 e. The number of non-ortho nitro benzene ring substituents is 1. The van der Waals surface area contributed by atoms with Crippen molar-refractivity contribution in [2.75, 3.05) is 18.5 Å². The zero-order chi connectivity index (χ0) is 17.5. The second-order valence-electron chi connectivity index (χ2n) is 6.14. The van der Waals surface area contributed by atoms with E-state index >= 15 is 0 Å². The van der Waals surface area contributed by atoms with E-state index in [0.29, 0.717) is 12.3 Å². The summed E-state index contributed by atoms with van der Waals surface area (Å²) in [6.07, 6.45) is 0. The smallest absolute Gasteiger partial charge is 0.325 e. The quantitative estimate of drug-likeness (QED) is 0.343. The second kappa shape index (κ2) is 8.27. The monoisotopic (exact) mass is 339 g/mol. The number of nitro groups is 1. The minimum absolute atomic E-state index is 0.0677. The largest absolute Gasteiger partial charge is 0.465 e. The lowest BCUT2D eigenvalue weighted by atomic mass is 10.3. The number of nitro benzene ring substituents is 1. The molecule has 2 N–H and O–H groups in total. The third-order valence-corrected chi connectivity index (χ3v) is 4.55. The molecule has 0 saturated heterocycles. The van der Waals surface area contributed by atoms with Crippen molar-refractivity contribution in [3.63, 3.8) is 0 Å². The molecule has 0 aliphatic rings. The van der Waals surface area contributed by atoms with Crippen molar-refractivity contribution in [1.82, 2.24) is 5.32 Å². The number of urea groups is 1. The Morgan fingerprint density at radius 1 is 1.22 bits per heavy atom. The summed E-state index contributed by atoms with van der Waals surface area (Å²) in [5.74, 6) is -0.498. The number of esters is 1. The van der Waals surface area contributed by atoms with Crippen LogP contribution in [0.3, 0.4) is 0 Å². The molecule has 23 heavy (non-hydrogen) atoms. The van der Waals surface area contributed by atoms with Crippen molar-refractivity contribution < 1.29 is 19.2 Å². The third kappa shape index (κ3) is 7.95. The molecule has 0 aromatic heterocycles. The Hall–Kier alpha value is -2.42. The molecular formula is C14H21N3O5Si. The topological polar surface area (TPSA) is 111 Å². The van der Waals surface area contributed by atoms with E-state index in [4.69, 9.17) is 4.74 Å². The highest BCUT2D eigenvalue weighted by atomic mass is 28.3. The van der Waals surface area contributed by atoms with Gasteiger partial charge in [-0.1, -0.05) is 19.6 Å². The molecule has 1 aromatic rings. The van der Waals surface area contributed by atoms with E-state index in [1.165, 1.54) is 24.3 Å². The molecule has 0 saturated carbocycles. The molecule has 126 valence electrons. The van der Waals surface area contributed by atoms with Crippen LogP contribution in [0.2, 0.25) is 25.7 Å². The summed E-state index contributed by atoms with van der Waals surface area (Å²) >= 11 is 0. The van der Waals surface area contributed by atoms with Crippen LogP contribution in [0.4, 0.5) is 16.2 Å². The molecule has 0 aliphatic carbocycles. The molecule has 0 radical (unpaired) electrons. The van der Waals surface area contributed by atoms with Crippen LogP contribution in [0.1, 0.15) is 0 Å². The average molecular weight is 339 g/mol. The van der Waals surface area contributed by atoms with E-state index in [0.717, 1.165) is 6.04 Å². The molecule has 0 unspecified atom stereocenters. The number of amides is 2. The Balaban J connectivity index is 2.31. The number of rotatable bonds is 7. The summed E-state index contributed by atoms with van der Waals surface area (Å²) in [5, 5.41) is 15.4. The standard InChI is InChI=1S/C14H21N3O5Si/c1-23(2,3)9-8-22-13(18)10-15-14(19)16-11-4-6-12(7-5-11)17(20)21/h4-7H,8-10H2,1-3H3,(H2,15,16,19). The first-order valence-corrected chi connectivity index (χ1v) is 10.8. The van der Waals surface area contributed by atoms with E-state index in [1.54, 1.807) is 0 Å². The van der Waals surface area contributed by atoms with Gasteiger partial charge >= 0.3 is 12.0 Å². The lowest BCUT2D eigenvalue weighted by Crippen LogP contribution is -2.34. The Morgan fingerprint density at radius 2 is 1.83 bits per heavy atom. The minimum Gasteiger partial charge on any atom is -0.465 e. The van der Waals surface area contributed by atoms with Crippen LogP contribution in [0.5, 0.6) is 0 Å². The van der Waals surface area contributed by atoms with E-state index in [9.17, 15) is 19.7 Å². The van der Waals surface area contributed by atoms with Crippen LogP contribution in [0.15, 0.2) is 24.3 Å². The molecule has 0 fully saturated rings. The van der Waals surface area contributed by atoms with E-state index in [2.05, 4.69) is 30.3 Å². The van der Waals surface area contributed by atoms with Gasteiger partial charge in [-0.05, 0) is 18.2 Å². The number of carbonyl (C=O) groups excluding carboxylic acids is 2. The van der Waals surface area contributed by atoms with Gasteiger partial charge < -0.3 is 15.4 Å². The summed E-state index contributed by atoms with van der Waals surface area (Å²) in [6.45, 7) is 6.66. The predicted octanol–water partition coefficient (Wildman–Crippen LogP) is 2.60. The molecule has 8 nitrogen and oxygen atoms in total. The van der Waals surface area contributed by atoms with Crippen molar-refractivity contribution in [3.05, 3.63) is 34.4 Å². The fourth-order valence-electron chi connectivity index (χ4n) is 1.52. The number of anilines is 1. The van der Waals surface area contributed by atoms with Gasteiger partial charge in [0.2, 0.25) is 0 Å². The Morgan fingerprint density at radius 3 is 2.35 bits per heavy atom. The molecule has 2 amide bonds. The van der Waals surface area contributed by atoms with Crippen LogP contribution >= 0.6 is 0 Å². The molecule has 1 rings (SSSR count). The molecular weight excluding hydrogens is 318 g/mol. The van der Waals surface area contributed by atoms with Crippen LogP contribution in [0, 0.1) is 10.1 Å². The number of nitrogens with zero attached hydrogens (tertiary/aromatic N) is 1. The highest BCUT2D eigenvalue weighted by Gasteiger charge is 2.14. The molecule has 0 heterocycles. The lowest BCUT2D eigenvalue weighted by Gasteiger charge is -2.15. The summed E-state index contributed by atoms with van der Waals surface area (Å²) < 4.78 is 5.04. The number of hydrogen-bond acceptors (Lipinski definition) is 5. The van der Waals surface area contributed by atoms with Crippen molar-refractivity contribution in [2.45, 2.75) is 25.7 Å². The Bertz CT molecular complexity index is 569. The number of nitrogens with one attached hydrogen (secondary N) is 2. The second-order valence-corrected chi connectivity index (χ2v) is 11.8. The normalized spacial score (nSPS) is 10.7. The van der Waals surface area contributed by atoms with Crippen molar-refractivity contribution in [2.24, 2.45) is 0 Å². The van der Waals surface area contributed by atoms with Gasteiger partial charge in [0.25, 0.3) is 5.69 Å². The van der Waals surface area contributed by atoms with Gasteiger partial charge in [0.15, 0.2) is 0 Å². The van der Waals surface area contributed by atoms with Crippen molar-refractivity contribution in [3.8, 4) is 0 Å². The first-order valence-electron chi connectivity index (χ1n) is 7.12. The van der Waals surface area contributed by atoms with Gasteiger partial charge in [-0.25, -0.2) is 4.79 Å². The van der Waals surface area contributed by atoms with E-state index in [1.807, 2.05) is 0 Å². The fourth-order valence-corrected chi connectivity index (χ4v) is 2.23. The SMILES string of the molecule is C[Si](C)(C)CCOC(=O)CNC(=O)Nc1ccc([N+](=O)[O-])cc1. The zero-order valence-electron chi connectivity index (χ0n) is 13.4. The van der Waals surface area contributed by atoms with E-state index < -0.39 is 25.0 Å². The number of hydrogen-bond donors (Lipinski definition) is 2. The Kier molecular flexibility index (Phi) is 6.70. The van der Waals surface area contributed by atoms with Gasteiger partial charge in [-0.3, -0.25) is 14.9 Å². The summed E-state index contributed by atoms with van der Waals surface area (Å²) in [6, 6.07) is 5.66. The first kappa shape index (κ1) is 18.6. The van der Waals surface area contributed by atoms with Gasteiger partial charge in [0.05, 0.1) is 11.5 Å². The molecule has 9 heteroatoms. The third-order valence-electron chi connectivity index (χ3n) is 2.84. The maximum atomic E-state index is 11.6. The molecule has 0 aliphatic heterocycles. The fraction of sp³-hybridized carbons (Fsp3) is 0.429. The molecule has 0 bridgehead atoms. The van der Waals surface area contributed by atoms with Gasteiger partial charge in [0, 0.05) is 25.9 Å². The zero-order valence-corrected chi connectivity index (χ0v) is 14.4. The van der Waals surface area contributed by atoms with Crippen LogP contribution in [-0.4, -0.2) is 38.1 Å². The van der Waals surface area contributed by atoms with Crippen LogP contribution < -0.4 is 10.6 Å². The Labute approximate surface area is 135 Å². The predicted molar refractivity (Wildman–Crippen MR) is 89.2 cm³/mol. The van der Waals surface area contributed by atoms with Gasteiger partial charge in [-0.2, -0.15) is 0 Å².